The number of nitrogens with two attached hydrogens (primary N) is 1. The van der Waals surface area contributed by atoms with Crippen molar-refractivity contribution < 1.29 is 19.0 Å². The molecule has 0 amide bonds. The van der Waals surface area contributed by atoms with E-state index in [4.69, 9.17) is 19.6 Å². The lowest BCUT2D eigenvalue weighted by molar-refractivity contribution is 0.379. The summed E-state index contributed by atoms with van der Waals surface area (Å²) in [5, 5.41) is 20.0. The average Bonchev–Trinajstić information content (AvgIpc) is 3.26. The van der Waals surface area contributed by atoms with E-state index in [-0.39, 0.29) is 17.2 Å². The number of rotatable bonds is 4. The van der Waals surface area contributed by atoms with Crippen molar-refractivity contribution in [1.29, 1.82) is 5.26 Å². The highest BCUT2D eigenvalue weighted by Gasteiger charge is 2.33. The summed E-state index contributed by atoms with van der Waals surface area (Å²) in [5.74, 6) is 0.922. The van der Waals surface area contributed by atoms with Crippen molar-refractivity contribution in [2.24, 2.45) is 10.7 Å². The van der Waals surface area contributed by atoms with Crippen LogP contribution < -0.4 is 15.2 Å². The van der Waals surface area contributed by atoms with E-state index in [9.17, 15) is 10.4 Å². The Hall–Kier alpha value is -4.18. The fraction of sp³-hybridized carbons (Fsp3) is 0.0909. The van der Waals surface area contributed by atoms with Crippen LogP contribution in [0, 0.1) is 11.3 Å². The number of aliphatic imine (C=N–C) groups is 1. The Morgan fingerprint density at radius 2 is 2.07 bits per heavy atom. The first kappa shape index (κ1) is 18.2. The third-order valence-corrected chi connectivity index (χ3v) is 4.62. The molecular weight excluding hydrogens is 370 g/mol. The first-order chi connectivity index (χ1) is 14.1. The molecule has 144 valence electrons. The molecule has 0 unspecified atom stereocenters. The topological polar surface area (TPSA) is 114 Å². The fourth-order valence-electron chi connectivity index (χ4n) is 3.24. The van der Waals surface area contributed by atoms with Crippen molar-refractivity contribution in [3.63, 3.8) is 0 Å². The Bertz CT molecular complexity index is 1160. The van der Waals surface area contributed by atoms with Gasteiger partial charge < -0.3 is 24.7 Å². The SMILES string of the molecule is COc1ccccc1N=Cc1cc2c(cc1O)OC(N)=C(C#N)[C@@H]2c1ccco1. The quantitative estimate of drug-likeness (QED) is 0.655. The van der Waals surface area contributed by atoms with Gasteiger partial charge in [0.05, 0.1) is 19.3 Å². The predicted molar refractivity (Wildman–Crippen MR) is 106 cm³/mol. The van der Waals surface area contributed by atoms with Crippen LogP contribution in [0.5, 0.6) is 17.2 Å². The number of hydrogen-bond acceptors (Lipinski definition) is 7. The third kappa shape index (κ3) is 3.28. The standard InChI is InChI=1S/C22H17N3O4/c1-27-18-6-3-2-5-16(18)25-12-13-9-14-20(10-17(13)26)29-22(24)15(11-23)21(14)19-7-4-8-28-19/h2-10,12,21,26H,24H2,1H3/t21-/m1/s1. The summed E-state index contributed by atoms with van der Waals surface area (Å²) < 4.78 is 16.4. The maximum absolute atomic E-state index is 10.4. The highest BCUT2D eigenvalue weighted by molar-refractivity contribution is 5.87. The Kier molecular flexibility index (Phi) is 4.67. The molecule has 0 aliphatic carbocycles. The second-order valence-corrected chi connectivity index (χ2v) is 6.32. The Balaban J connectivity index is 1.80. The summed E-state index contributed by atoms with van der Waals surface area (Å²) in [6.45, 7) is 0. The maximum Gasteiger partial charge on any atom is 0.205 e. The Morgan fingerprint density at radius 1 is 1.24 bits per heavy atom. The van der Waals surface area contributed by atoms with Crippen LogP contribution >= 0.6 is 0 Å². The largest absolute Gasteiger partial charge is 0.507 e. The number of furan rings is 1. The van der Waals surface area contributed by atoms with Crippen molar-refractivity contribution >= 4 is 11.9 Å². The molecule has 7 heteroatoms. The van der Waals surface area contributed by atoms with Gasteiger partial charge >= 0.3 is 0 Å². The smallest absolute Gasteiger partial charge is 0.205 e. The predicted octanol–water partition coefficient (Wildman–Crippen LogP) is 3.96. The second-order valence-electron chi connectivity index (χ2n) is 6.32. The van der Waals surface area contributed by atoms with Gasteiger partial charge in [0.2, 0.25) is 5.88 Å². The number of nitriles is 1. The molecular formula is C22H17N3O4. The van der Waals surface area contributed by atoms with E-state index in [1.807, 2.05) is 12.1 Å². The molecule has 0 spiro atoms. The minimum absolute atomic E-state index is 0.0174. The summed E-state index contributed by atoms with van der Waals surface area (Å²) in [7, 11) is 1.57. The van der Waals surface area contributed by atoms with Gasteiger partial charge in [0, 0.05) is 23.4 Å². The highest BCUT2D eigenvalue weighted by Crippen LogP contribution is 2.44. The molecule has 2 aromatic carbocycles. The molecule has 1 atom stereocenters. The zero-order valence-electron chi connectivity index (χ0n) is 15.5. The van der Waals surface area contributed by atoms with E-state index >= 15 is 0 Å². The molecule has 0 saturated heterocycles. The van der Waals surface area contributed by atoms with Crippen LogP contribution in [-0.4, -0.2) is 18.4 Å². The van der Waals surface area contributed by atoms with E-state index in [0.29, 0.717) is 34.1 Å². The molecule has 0 bridgehead atoms. The molecule has 1 aliphatic rings. The van der Waals surface area contributed by atoms with Crippen molar-refractivity contribution in [2.45, 2.75) is 5.92 Å². The first-order valence-electron chi connectivity index (χ1n) is 8.77. The van der Waals surface area contributed by atoms with Crippen LogP contribution in [0.3, 0.4) is 0 Å². The summed E-state index contributed by atoms with van der Waals surface area (Å²) in [6, 6.07) is 16.1. The fourth-order valence-corrected chi connectivity index (χ4v) is 3.24. The number of methoxy groups -OCH3 is 1. The van der Waals surface area contributed by atoms with Crippen LogP contribution in [0.25, 0.3) is 0 Å². The molecule has 0 saturated carbocycles. The number of allylic oxidation sites excluding steroid dienone is 1. The van der Waals surface area contributed by atoms with Crippen LogP contribution in [-0.2, 0) is 0 Å². The molecule has 1 aromatic heterocycles. The van der Waals surface area contributed by atoms with Crippen LogP contribution in [0.2, 0.25) is 0 Å². The van der Waals surface area contributed by atoms with Crippen LogP contribution in [0.4, 0.5) is 5.69 Å². The van der Waals surface area contributed by atoms with Crippen molar-refractivity contribution in [3.05, 3.63) is 83.1 Å². The van der Waals surface area contributed by atoms with Gasteiger partial charge in [0.15, 0.2) is 0 Å². The molecule has 7 nitrogen and oxygen atoms in total. The van der Waals surface area contributed by atoms with Gasteiger partial charge in [-0.1, -0.05) is 12.1 Å². The number of nitrogens with zero attached hydrogens (tertiary/aromatic N) is 2. The number of ether oxygens (including phenoxy) is 2. The number of aromatic hydroxyl groups is 1. The van der Waals surface area contributed by atoms with Crippen LogP contribution in [0.1, 0.15) is 22.8 Å². The summed E-state index contributed by atoms with van der Waals surface area (Å²) >= 11 is 0. The number of benzene rings is 2. The molecule has 1 aliphatic heterocycles. The lowest BCUT2D eigenvalue weighted by atomic mass is 9.86. The van der Waals surface area contributed by atoms with E-state index in [2.05, 4.69) is 11.1 Å². The van der Waals surface area contributed by atoms with Gasteiger partial charge in [0.25, 0.3) is 0 Å². The summed E-state index contributed by atoms with van der Waals surface area (Å²) in [4.78, 5) is 4.42. The third-order valence-electron chi connectivity index (χ3n) is 4.62. The first-order valence-corrected chi connectivity index (χ1v) is 8.77. The molecule has 2 heterocycles. The summed E-state index contributed by atoms with van der Waals surface area (Å²) in [5.41, 5.74) is 7.88. The number of phenols is 1. The molecule has 29 heavy (non-hydrogen) atoms. The number of para-hydroxylation sites is 2. The van der Waals surface area contributed by atoms with Gasteiger partial charge in [0.1, 0.15) is 40.3 Å². The van der Waals surface area contributed by atoms with E-state index in [1.54, 1.807) is 37.4 Å². The number of phenolic OH excluding ortho intramolecular Hbond substituents is 1. The second kappa shape index (κ2) is 7.44. The van der Waals surface area contributed by atoms with Gasteiger partial charge in [-0.25, -0.2) is 0 Å². The van der Waals surface area contributed by atoms with E-state index in [1.165, 1.54) is 18.5 Å². The van der Waals surface area contributed by atoms with Gasteiger partial charge in [-0.3, -0.25) is 4.99 Å². The van der Waals surface area contributed by atoms with Gasteiger partial charge in [-0.05, 0) is 30.3 Å². The lowest BCUT2D eigenvalue weighted by Crippen LogP contribution is -2.21. The maximum atomic E-state index is 10.4. The van der Waals surface area contributed by atoms with Gasteiger partial charge in [-0.15, -0.1) is 0 Å². The monoisotopic (exact) mass is 387 g/mol. The lowest BCUT2D eigenvalue weighted by Gasteiger charge is -2.25. The van der Waals surface area contributed by atoms with Crippen molar-refractivity contribution in [1.82, 2.24) is 0 Å². The van der Waals surface area contributed by atoms with E-state index in [0.717, 1.165) is 0 Å². The molecule has 0 radical (unpaired) electrons. The molecule has 3 aromatic rings. The van der Waals surface area contributed by atoms with Crippen molar-refractivity contribution in [2.75, 3.05) is 7.11 Å². The Labute approximate surface area is 166 Å². The van der Waals surface area contributed by atoms with Crippen molar-refractivity contribution in [3.8, 4) is 23.3 Å². The molecule has 3 N–H and O–H groups in total. The molecule has 0 fully saturated rings. The van der Waals surface area contributed by atoms with E-state index < -0.39 is 5.92 Å². The summed E-state index contributed by atoms with van der Waals surface area (Å²) in [6.07, 6.45) is 3.06. The van der Waals surface area contributed by atoms with Crippen LogP contribution in [0.15, 0.2) is 75.7 Å². The highest BCUT2D eigenvalue weighted by atomic mass is 16.5. The normalized spacial score (nSPS) is 15.7. The minimum Gasteiger partial charge on any atom is -0.507 e. The number of fused-ring (bicyclic) bond motifs is 1. The Morgan fingerprint density at radius 3 is 2.79 bits per heavy atom. The molecule has 4 rings (SSSR count). The zero-order valence-corrected chi connectivity index (χ0v) is 15.5. The zero-order chi connectivity index (χ0) is 20.4. The number of hydrogen-bond donors (Lipinski definition) is 2. The van der Waals surface area contributed by atoms with Gasteiger partial charge in [-0.2, -0.15) is 5.26 Å². The minimum atomic E-state index is -0.544. The average molecular weight is 387 g/mol.